The summed E-state index contributed by atoms with van der Waals surface area (Å²) >= 11 is 11.7. The number of carboxylic acid groups (broad SMARTS) is 1. The number of fused-ring (bicyclic) bond motifs is 1. The highest BCUT2D eigenvalue weighted by Crippen LogP contribution is 2.48. The Hall–Kier alpha value is 0.440. The van der Waals surface area contributed by atoms with Gasteiger partial charge in [0.05, 0.1) is 14.8 Å². The number of hydrogen-bond donors (Lipinski definition) is 1. The molecule has 2 heterocycles. The SMILES string of the molecule is O=C(O)CC1CSc2sc(=S)sc2S1. The van der Waals surface area contributed by atoms with Crippen LogP contribution >= 0.6 is 58.4 Å². The van der Waals surface area contributed by atoms with Gasteiger partial charge in [-0.15, -0.1) is 46.2 Å². The van der Waals surface area contributed by atoms with Crippen molar-refractivity contribution >= 4 is 64.4 Å². The van der Waals surface area contributed by atoms with Crippen molar-refractivity contribution in [3.8, 4) is 0 Å². The van der Waals surface area contributed by atoms with Crippen LogP contribution in [0.5, 0.6) is 0 Å². The van der Waals surface area contributed by atoms with E-state index in [0.717, 1.165) is 8.89 Å². The first kappa shape index (κ1) is 10.9. The van der Waals surface area contributed by atoms with Gasteiger partial charge in [0.2, 0.25) is 0 Å². The number of rotatable bonds is 2. The second kappa shape index (κ2) is 4.52. The maximum Gasteiger partial charge on any atom is 0.304 e. The molecule has 1 aliphatic heterocycles. The molecular formula is C7H6O2S5. The zero-order valence-corrected chi connectivity index (χ0v) is 11.0. The highest BCUT2D eigenvalue weighted by atomic mass is 32.2. The third kappa shape index (κ3) is 2.52. The van der Waals surface area contributed by atoms with Crippen molar-refractivity contribution in [2.45, 2.75) is 20.1 Å². The fourth-order valence-electron chi connectivity index (χ4n) is 1.07. The van der Waals surface area contributed by atoms with Gasteiger partial charge < -0.3 is 5.11 Å². The quantitative estimate of drug-likeness (QED) is 0.839. The minimum atomic E-state index is -0.717. The Bertz CT molecular complexity index is 406. The van der Waals surface area contributed by atoms with E-state index in [1.54, 1.807) is 46.2 Å². The molecule has 0 fully saturated rings. The van der Waals surface area contributed by atoms with Crippen LogP contribution in [-0.2, 0) is 4.79 Å². The maximum atomic E-state index is 10.5. The Balaban J connectivity index is 2.13. The number of thioether (sulfide) groups is 2. The molecule has 0 spiro atoms. The molecule has 76 valence electrons. The van der Waals surface area contributed by atoms with Crippen molar-refractivity contribution in [3.63, 3.8) is 0 Å². The lowest BCUT2D eigenvalue weighted by atomic mass is 10.3. The summed E-state index contributed by atoms with van der Waals surface area (Å²) in [6.07, 6.45) is 0.242. The molecule has 1 unspecified atom stereocenters. The van der Waals surface area contributed by atoms with E-state index >= 15 is 0 Å². The van der Waals surface area contributed by atoms with E-state index in [9.17, 15) is 4.79 Å². The van der Waals surface area contributed by atoms with E-state index in [-0.39, 0.29) is 11.7 Å². The van der Waals surface area contributed by atoms with Gasteiger partial charge in [0, 0.05) is 11.0 Å². The summed E-state index contributed by atoms with van der Waals surface area (Å²) in [5, 5.41) is 8.88. The monoisotopic (exact) mass is 282 g/mol. The number of carboxylic acids is 1. The van der Waals surface area contributed by atoms with Crippen molar-refractivity contribution in [3.05, 3.63) is 3.14 Å². The van der Waals surface area contributed by atoms with E-state index in [2.05, 4.69) is 0 Å². The molecule has 0 radical (unpaired) electrons. The van der Waals surface area contributed by atoms with Gasteiger partial charge in [-0.2, -0.15) is 0 Å². The minimum Gasteiger partial charge on any atom is -0.481 e. The summed E-state index contributed by atoms with van der Waals surface area (Å²) in [6, 6.07) is 0. The fourth-order valence-corrected chi connectivity index (χ4v) is 7.69. The Labute approximate surface area is 103 Å². The Morgan fingerprint density at radius 3 is 2.93 bits per heavy atom. The van der Waals surface area contributed by atoms with E-state index in [0.29, 0.717) is 0 Å². The molecule has 1 atom stereocenters. The normalized spacial score (nSPS) is 20.4. The maximum absolute atomic E-state index is 10.5. The summed E-state index contributed by atoms with van der Waals surface area (Å²) in [5.41, 5.74) is 0. The Morgan fingerprint density at radius 2 is 2.21 bits per heavy atom. The summed E-state index contributed by atoms with van der Waals surface area (Å²) in [7, 11) is 0. The second-order valence-electron chi connectivity index (χ2n) is 2.68. The predicted octanol–water partition coefficient (Wildman–Crippen LogP) is 3.58. The van der Waals surface area contributed by atoms with Gasteiger partial charge in [-0.25, -0.2) is 0 Å². The summed E-state index contributed by atoms with van der Waals surface area (Å²) in [5.74, 6) is 0.164. The molecule has 0 bridgehead atoms. The largest absolute Gasteiger partial charge is 0.481 e. The molecule has 1 aromatic rings. The summed E-state index contributed by atoms with van der Waals surface area (Å²) < 4.78 is 3.42. The highest BCUT2D eigenvalue weighted by molar-refractivity contribution is 8.08. The Kier molecular flexibility index (Phi) is 3.54. The van der Waals surface area contributed by atoms with Gasteiger partial charge >= 0.3 is 5.97 Å². The molecule has 0 saturated heterocycles. The molecule has 0 aromatic carbocycles. The van der Waals surface area contributed by atoms with Gasteiger partial charge in [-0.1, -0.05) is 12.2 Å². The molecule has 2 nitrogen and oxygen atoms in total. The zero-order chi connectivity index (χ0) is 10.1. The van der Waals surface area contributed by atoms with E-state index in [4.69, 9.17) is 17.3 Å². The summed E-state index contributed by atoms with van der Waals surface area (Å²) in [4.78, 5) is 10.5. The van der Waals surface area contributed by atoms with Crippen LogP contribution in [0.3, 0.4) is 0 Å². The minimum absolute atomic E-state index is 0.199. The lowest BCUT2D eigenvalue weighted by molar-refractivity contribution is -0.136. The smallest absolute Gasteiger partial charge is 0.304 e. The van der Waals surface area contributed by atoms with Crippen molar-refractivity contribution < 1.29 is 9.90 Å². The first-order valence-corrected chi connectivity index (χ1v) is 7.71. The number of carbonyl (C=O) groups is 1. The van der Waals surface area contributed by atoms with Crippen molar-refractivity contribution in [1.82, 2.24) is 0 Å². The third-order valence-corrected chi connectivity index (χ3v) is 7.70. The predicted molar refractivity (Wildman–Crippen MR) is 65.7 cm³/mol. The van der Waals surface area contributed by atoms with Gasteiger partial charge in [-0.05, 0) is 0 Å². The van der Waals surface area contributed by atoms with Crippen LogP contribution in [0, 0.1) is 3.14 Å². The van der Waals surface area contributed by atoms with Gasteiger partial charge in [0.1, 0.15) is 3.14 Å². The average molecular weight is 282 g/mol. The lowest BCUT2D eigenvalue weighted by Crippen LogP contribution is -2.14. The van der Waals surface area contributed by atoms with Crippen LogP contribution in [0.25, 0.3) is 0 Å². The van der Waals surface area contributed by atoms with Crippen LogP contribution in [-0.4, -0.2) is 22.1 Å². The third-order valence-electron chi connectivity index (χ3n) is 1.60. The first-order valence-electron chi connectivity index (χ1n) is 3.80. The standard InChI is InChI=1S/C7H6O2S5/c8-4(9)1-3-2-11-5-6(12-3)14-7(10)13-5/h3H,1-2H2,(H,8,9). The molecule has 1 N–H and O–H groups in total. The van der Waals surface area contributed by atoms with Gasteiger partial charge in [-0.3, -0.25) is 4.79 Å². The van der Waals surface area contributed by atoms with E-state index < -0.39 is 5.97 Å². The molecule has 1 aromatic heterocycles. The van der Waals surface area contributed by atoms with Crippen LogP contribution in [0.1, 0.15) is 6.42 Å². The molecule has 1 aliphatic rings. The van der Waals surface area contributed by atoms with Crippen molar-refractivity contribution in [2.24, 2.45) is 0 Å². The number of hydrogen-bond acceptors (Lipinski definition) is 6. The molecule has 0 saturated carbocycles. The average Bonchev–Trinajstić information content (AvgIpc) is 2.42. The molecule has 2 rings (SSSR count). The molecule has 0 amide bonds. The topological polar surface area (TPSA) is 37.3 Å². The Morgan fingerprint density at radius 1 is 1.50 bits per heavy atom. The summed E-state index contributed by atoms with van der Waals surface area (Å²) in [6.45, 7) is 0. The van der Waals surface area contributed by atoms with Crippen LogP contribution in [0.15, 0.2) is 8.42 Å². The molecule has 0 aliphatic carbocycles. The molecular weight excluding hydrogens is 276 g/mol. The highest BCUT2D eigenvalue weighted by Gasteiger charge is 2.24. The molecule has 14 heavy (non-hydrogen) atoms. The molecule has 7 heteroatoms. The lowest BCUT2D eigenvalue weighted by Gasteiger charge is -2.17. The second-order valence-corrected chi connectivity index (χ2v) is 8.76. The van der Waals surface area contributed by atoms with E-state index in [1.165, 1.54) is 8.42 Å². The fraction of sp³-hybridized carbons (Fsp3) is 0.429. The zero-order valence-electron chi connectivity index (χ0n) is 6.89. The first-order chi connectivity index (χ1) is 6.65. The van der Waals surface area contributed by atoms with Crippen LogP contribution in [0.2, 0.25) is 0 Å². The van der Waals surface area contributed by atoms with Crippen molar-refractivity contribution in [2.75, 3.05) is 5.75 Å². The van der Waals surface area contributed by atoms with E-state index in [1.807, 2.05) is 0 Å². The van der Waals surface area contributed by atoms with Gasteiger partial charge in [0.15, 0.2) is 0 Å². The van der Waals surface area contributed by atoms with Crippen LogP contribution < -0.4 is 0 Å². The van der Waals surface area contributed by atoms with Crippen LogP contribution in [0.4, 0.5) is 0 Å². The van der Waals surface area contributed by atoms with Crippen molar-refractivity contribution in [1.29, 1.82) is 0 Å². The van der Waals surface area contributed by atoms with Gasteiger partial charge in [0.25, 0.3) is 0 Å². The number of aliphatic carboxylic acids is 1.